The van der Waals surface area contributed by atoms with Crippen molar-refractivity contribution in [1.29, 1.82) is 0 Å². The monoisotopic (exact) mass is 545 g/mol. The van der Waals surface area contributed by atoms with Crippen LogP contribution in [0.15, 0.2) is 82.2 Å². The normalized spacial score (nSPS) is 13.2. The van der Waals surface area contributed by atoms with Crippen molar-refractivity contribution in [2.45, 2.75) is 32.1 Å². The minimum Gasteiger partial charge on any atom is -0.497 e. The summed E-state index contributed by atoms with van der Waals surface area (Å²) in [6, 6.07) is 19.6. The van der Waals surface area contributed by atoms with Gasteiger partial charge in [0.25, 0.3) is 11.8 Å². The fraction of sp³-hybridized carbons (Fsp3) is 0.233. The number of imide groups is 1. The zero-order chi connectivity index (χ0) is 28.1. The van der Waals surface area contributed by atoms with Gasteiger partial charge in [0.1, 0.15) is 22.1 Å². The first kappa shape index (κ1) is 27.8. The van der Waals surface area contributed by atoms with Gasteiger partial charge in [-0.25, -0.2) is 4.90 Å². The topological polar surface area (TPSA) is 97.0 Å². The van der Waals surface area contributed by atoms with Crippen LogP contribution in [0, 0.1) is 12.8 Å². The third-order valence-electron chi connectivity index (χ3n) is 5.91. The molecule has 0 saturated carbocycles. The molecule has 0 fully saturated rings. The van der Waals surface area contributed by atoms with E-state index in [0.29, 0.717) is 39.9 Å². The number of amides is 3. The molecular formula is C30H31N3O5S. The third-order valence-corrected chi connectivity index (χ3v) is 6.98. The standard InChI is InChI=1S/C30H31N3O5S/c1-18(2)15-26(34)31-21-7-6-8-23(17-21)39-28-27(32-20-10-12-22(37-4)13-11-20)29(35)33(30(28)36)24-16-19(3)9-14-25(24)38-5/h6-14,16-18,32H,15H2,1-5H3,(H,31,34). The van der Waals surface area contributed by atoms with E-state index in [1.54, 1.807) is 61.7 Å². The van der Waals surface area contributed by atoms with E-state index in [1.807, 2.05) is 32.9 Å². The van der Waals surface area contributed by atoms with E-state index in [9.17, 15) is 14.4 Å². The summed E-state index contributed by atoms with van der Waals surface area (Å²) in [5.74, 6) is 0.250. The number of methoxy groups -OCH3 is 2. The average molecular weight is 546 g/mol. The lowest BCUT2D eigenvalue weighted by atomic mass is 10.1. The molecule has 202 valence electrons. The van der Waals surface area contributed by atoms with E-state index in [0.717, 1.165) is 22.2 Å². The number of thioether (sulfide) groups is 1. The van der Waals surface area contributed by atoms with E-state index in [4.69, 9.17) is 9.47 Å². The van der Waals surface area contributed by atoms with Crippen molar-refractivity contribution in [2.75, 3.05) is 29.8 Å². The fourth-order valence-electron chi connectivity index (χ4n) is 4.06. The van der Waals surface area contributed by atoms with Crippen molar-refractivity contribution >= 4 is 46.5 Å². The summed E-state index contributed by atoms with van der Waals surface area (Å²) in [5.41, 5.74) is 2.63. The van der Waals surface area contributed by atoms with Crippen LogP contribution in [0.4, 0.5) is 17.1 Å². The van der Waals surface area contributed by atoms with E-state index in [-0.39, 0.29) is 22.4 Å². The van der Waals surface area contributed by atoms with E-state index in [2.05, 4.69) is 10.6 Å². The summed E-state index contributed by atoms with van der Waals surface area (Å²) in [7, 11) is 3.07. The van der Waals surface area contributed by atoms with Gasteiger partial charge in [-0.1, -0.05) is 37.7 Å². The first-order valence-electron chi connectivity index (χ1n) is 12.5. The highest BCUT2D eigenvalue weighted by atomic mass is 32.2. The van der Waals surface area contributed by atoms with E-state index in [1.165, 1.54) is 7.11 Å². The van der Waals surface area contributed by atoms with Crippen molar-refractivity contribution < 1.29 is 23.9 Å². The zero-order valence-corrected chi connectivity index (χ0v) is 23.3. The molecule has 8 nitrogen and oxygen atoms in total. The van der Waals surface area contributed by atoms with Gasteiger partial charge in [-0.3, -0.25) is 14.4 Å². The van der Waals surface area contributed by atoms with Crippen LogP contribution in [0.25, 0.3) is 0 Å². The fourth-order valence-corrected chi connectivity index (χ4v) is 5.05. The first-order chi connectivity index (χ1) is 18.7. The SMILES string of the molecule is COc1ccc(NC2=C(Sc3cccc(NC(=O)CC(C)C)c3)C(=O)N(c3cc(C)ccc3OC)C2=O)cc1. The number of aryl methyl sites for hydroxylation is 1. The van der Waals surface area contributed by atoms with Crippen LogP contribution < -0.4 is 25.0 Å². The second-order valence-corrected chi connectivity index (χ2v) is 10.5. The quantitative estimate of drug-likeness (QED) is 0.302. The minimum atomic E-state index is -0.497. The van der Waals surface area contributed by atoms with Crippen molar-refractivity contribution in [3.05, 3.63) is 82.9 Å². The summed E-state index contributed by atoms with van der Waals surface area (Å²) in [4.78, 5) is 42.0. The molecular weight excluding hydrogens is 514 g/mol. The van der Waals surface area contributed by atoms with Gasteiger partial charge in [0.2, 0.25) is 5.91 Å². The van der Waals surface area contributed by atoms with Gasteiger partial charge in [-0.15, -0.1) is 0 Å². The van der Waals surface area contributed by atoms with Crippen LogP contribution in [0.3, 0.4) is 0 Å². The highest BCUT2D eigenvalue weighted by Gasteiger charge is 2.41. The Morgan fingerprint density at radius 3 is 2.33 bits per heavy atom. The molecule has 0 saturated heterocycles. The van der Waals surface area contributed by atoms with Crippen molar-refractivity contribution in [2.24, 2.45) is 5.92 Å². The van der Waals surface area contributed by atoms with Gasteiger partial charge in [0.05, 0.1) is 19.9 Å². The Hall–Kier alpha value is -4.24. The molecule has 0 unspecified atom stereocenters. The Bertz CT molecular complexity index is 1430. The number of anilines is 3. The lowest BCUT2D eigenvalue weighted by Gasteiger charge is -2.19. The lowest BCUT2D eigenvalue weighted by molar-refractivity contribution is -0.120. The first-order valence-corrected chi connectivity index (χ1v) is 13.3. The maximum absolute atomic E-state index is 13.8. The molecule has 0 radical (unpaired) electrons. The number of hydrogen-bond donors (Lipinski definition) is 2. The Kier molecular flexibility index (Phi) is 8.61. The molecule has 39 heavy (non-hydrogen) atoms. The number of nitrogens with one attached hydrogen (secondary N) is 2. The Morgan fingerprint density at radius 1 is 0.923 bits per heavy atom. The molecule has 2 N–H and O–H groups in total. The highest BCUT2D eigenvalue weighted by Crippen LogP contribution is 2.41. The van der Waals surface area contributed by atoms with Gasteiger partial charge in [0, 0.05) is 22.7 Å². The Morgan fingerprint density at radius 2 is 1.67 bits per heavy atom. The molecule has 1 aliphatic heterocycles. The smallest absolute Gasteiger partial charge is 0.283 e. The van der Waals surface area contributed by atoms with E-state index >= 15 is 0 Å². The number of nitrogens with zero attached hydrogens (tertiary/aromatic N) is 1. The predicted molar refractivity (Wildman–Crippen MR) is 154 cm³/mol. The predicted octanol–water partition coefficient (Wildman–Crippen LogP) is 5.99. The average Bonchev–Trinajstić information content (AvgIpc) is 3.12. The van der Waals surface area contributed by atoms with Gasteiger partial charge < -0.3 is 20.1 Å². The number of carbonyl (C=O) groups is 3. The molecule has 0 aromatic heterocycles. The van der Waals surface area contributed by atoms with Gasteiger partial charge in [0.15, 0.2) is 0 Å². The highest BCUT2D eigenvalue weighted by molar-refractivity contribution is 8.04. The summed E-state index contributed by atoms with van der Waals surface area (Å²) in [5, 5.41) is 6.05. The van der Waals surface area contributed by atoms with Crippen LogP contribution in [-0.2, 0) is 14.4 Å². The van der Waals surface area contributed by atoms with Crippen LogP contribution in [0.1, 0.15) is 25.8 Å². The summed E-state index contributed by atoms with van der Waals surface area (Å²) < 4.78 is 10.7. The molecule has 1 aliphatic rings. The molecule has 4 rings (SSSR count). The molecule has 1 heterocycles. The van der Waals surface area contributed by atoms with Crippen LogP contribution in [0.2, 0.25) is 0 Å². The molecule has 3 aromatic rings. The summed E-state index contributed by atoms with van der Waals surface area (Å²) >= 11 is 1.16. The maximum atomic E-state index is 13.8. The number of benzene rings is 3. The summed E-state index contributed by atoms with van der Waals surface area (Å²) in [6.07, 6.45) is 0.402. The number of rotatable bonds is 10. The molecule has 0 atom stereocenters. The third kappa shape index (κ3) is 6.43. The van der Waals surface area contributed by atoms with Gasteiger partial charge in [-0.05, 0) is 73.0 Å². The molecule has 9 heteroatoms. The van der Waals surface area contributed by atoms with Crippen molar-refractivity contribution in [3.8, 4) is 11.5 Å². The molecule has 0 spiro atoms. The lowest BCUT2D eigenvalue weighted by Crippen LogP contribution is -2.32. The second-order valence-electron chi connectivity index (χ2n) is 9.45. The van der Waals surface area contributed by atoms with Crippen molar-refractivity contribution in [1.82, 2.24) is 0 Å². The van der Waals surface area contributed by atoms with Crippen LogP contribution in [-0.4, -0.2) is 31.9 Å². The minimum absolute atomic E-state index is 0.0851. The Labute approximate surface area is 232 Å². The largest absolute Gasteiger partial charge is 0.497 e. The summed E-state index contributed by atoms with van der Waals surface area (Å²) in [6.45, 7) is 5.84. The molecule has 3 aromatic carbocycles. The zero-order valence-electron chi connectivity index (χ0n) is 22.5. The second kappa shape index (κ2) is 12.1. The number of ether oxygens (including phenoxy) is 2. The number of hydrogen-bond acceptors (Lipinski definition) is 7. The van der Waals surface area contributed by atoms with Gasteiger partial charge in [-0.2, -0.15) is 0 Å². The molecule has 0 bridgehead atoms. The van der Waals surface area contributed by atoms with Crippen molar-refractivity contribution in [3.63, 3.8) is 0 Å². The molecule has 0 aliphatic carbocycles. The van der Waals surface area contributed by atoms with Crippen LogP contribution in [0.5, 0.6) is 11.5 Å². The van der Waals surface area contributed by atoms with Gasteiger partial charge >= 0.3 is 0 Å². The van der Waals surface area contributed by atoms with E-state index < -0.39 is 11.8 Å². The molecule has 3 amide bonds. The maximum Gasteiger partial charge on any atom is 0.283 e. The Balaban J connectivity index is 1.71. The van der Waals surface area contributed by atoms with Crippen LogP contribution >= 0.6 is 11.8 Å². The number of carbonyl (C=O) groups excluding carboxylic acids is 3.